The molecule has 0 radical (unpaired) electrons. The Kier molecular flexibility index (Phi) is 5.50. The highest BCUT2D eigenvalue weighted by Gasteiger charge is 2.23. The van der Waals surface area contributed by atoms with Crippen LogP contribution in [0.2, 0.25) is 0 Å². The van der Waals surface area contributed by atoms with Gasteiger partial charge in [0.1, 0.15) is 0 Å². The summed E-state index contributed by atoms with van der Waals surface area (Å²) in [5.74, 6) is 1.11. The van der Waals surface area contributed by atoms with E-state index in [-0.39, 0.29) is 11.2 Å². The van der Waals surface area contributed by atoms with Gasteiger partial charge in [-0.25, -0.2) is 0 Å². The number of nitrogens with zero attached hydrogens (tertiary/aromatic N) is 5. The second-order valence-electron chi connectivity index (χ2n) is 6.10. The van der Waals surface area contributed by atoms with Crippen LogP contribution >= 0.6 is 11.8 Å². The van der Waals surface area contributed by atoms with Crippen molar-refractivity contribution in [1.82, 2.24) is 24.5 Å². The van der Waals surface area contributed by atoms with E-state index in [4.69, 9.17) is 4.42 Å². The van der Waals surface area contributed by atoms with Gasteiger partial charge in [0.25, 0.3) is 0 Å². The third-order valence-electron chi connectivity index (χ3n) is 4.18. The van der Waals surface area contributed by atoms with Crippen LogP contribution in [-0.2, 0) is 18.4 Å². The number of furan rings is 1. The van der Waals surface area contributed by atoms with E-state index in [0.29, 0.717) is 23.3 Å². The van der Waals surface area contributed by atoms with Crippen LogP contribution in [0.3, 0.4) is 0 Å². The van der Waals surface area contributed by atoms with E-state index in [1.54, 1.807) is 23.1 Å². The normalized spacial score (nSPS) is 12.1. The van der Waals surface area contributed by atoms with Crippen LogP contribution in [-0.4, -0.2) is 35.7 Å². The fraction of sp³-hybridized carbons (Fsp3) is 0.333. The van der Waals surface area contributed by atoms with Crippen molar-refractivity contribution >= 4 is 23.4 Å². The highest BCUT2D eigenvalue weighted by Crippen LogP contribution is 2.28. The predicted molar refractivity (Wildman–Crippen MR) is 105 cm³/mol. The standard InChI is InChI=1S/C18H22N6O2S/c1-6-9-24-16(14-8-7-10-26-14)20-21-18(24)27-13(4)17(25)19-15-11(2)22-23(5)12(15)3/h6-8,10,13H,1,9H2,2-5H3,(H,19,25). The molecule has 1 unspecified atom stereocenters. The fourth-order valence-corrected chi connectivity index (χ4v) is 3.51. The molecule has 8 nitrogen and oxygen atoms in total. The molecule has 3 aromatic rings. The molecular weight excluding hydrogens is 364 g/mol. The summed E-state index contributed by atoms with van der Waals surface area (Å²) in [6.45, 7) is 9.93. The van der Waals surface area contributed by atoms with Crippen LogP contribution < -0.4 is 5.32 Å². The number of hydrogen-bond acceptors (Lipinski definition) is 6. The number of thioether (sulfide) groups is 1. The predicted octanol–water partition coefficient (Wildman–Crippen LogP) is 3.19. The van der Waals surface area contributed by atoms with Crippen molar-refractivity contribution in [2.75, 3.05) is 5.32 Å². The van der Waals surface area contributed by atoms with Gasteiger partial charge in [-0.1, -0.05) is 17.8 Å². The molecule has 9 heteroatoms. The third-order valence-corrected chi connectivity index (χ3v) is 5.26. The first-order valence-corrected chi connectivity index (χ1v) is 9.36. The van der Waals surface area contributed by atoms with Crippen molar-refractivity contribution in [2.24, 2.45) is 7.05 Å². The monoisotopic (exact) mass is 386 g/mol. The summed E-state index contributed by atoms with van der Waals surface area (Å²) in [6, 6.07) is 3.62. The van der Waals surface area contributed by atoms with Crippen LogP contribution in [0.5, 0.6) is 0 Å². The first-order chi connectivity index (χ1) is 12.9. The number of carbonyl (C=O) groups is 1. The number of nitrogens with one attached hydrogen (secondary N) is 1. The Hall–Kier alpha value is -2.81. The lowest BCUT2D eigenvalue weighted by Gasteiger charge is -2.13. The van der Waals surface area contributed by atoms with Gasteiger partial charge in [-0.3, -0.25) is 14.0 Å². The average Bonchev–Trinajstić information content (AvgIpc) is 3.33. The summed E-state index contributed by atoms with van der Waals surface area (Å²) in [5, 5.41) is 16.0. The average molecular weight is 386 g/mol. The number of aryl methyl sites for hydroxylation is 2. The number of rotatable bonds is 7. The minimum atomic E-state index is -0.374. The molecule has 3 rings (SSSR count). The summed E-state index contributed by atoms with van der Waals surface area (Å²) >= 11 is 1.33. The highest BCUT2D eigenvalue weighted by molar-refractivity contribution is 8.00. The molecule has 0 saturated heterocycles. The summed E-state index contributed by atoms with van der Waals surface area (Å²) < 4.78 is 9.05. The Labute approximate surface area is 161 Å². The first kappa shape index (κ1) is 19.0. The van der Waals surface area contributed by atoms with Gasteiger partial charge in [0.2, 0.25) is 11.7 Å². The number of carbonyl (C=O) groups excluding carboxylic acids is 1. The van der Waals surface area contributed by atoms with Gasteiger partial charge >= 0.3 is 0 Å². The molecule has 0 aliphatic rings. The van der Waals surface area contributed by atoms with Crippen LogP contribution in [0.15, 0.2) is 40.6 Å². The SMILES string of the molecule is C=CCn1c(SC(C)C(=O)Nc2c(C)nn(C)c2C)nnc1-c1ccco1. The van der Waals surface area contributed by atoms with Crippen LogP contribution in [0, 0.1) is 13.8 Å². The van der Waals surface area contributed by atoms with Crippen molar-refractivity contribution in [3.63, 3.8) is 0 Å². The largest absolute Gasteiger partial charge is 0.461 e. The summed E-state index contributed by atoms with van der Waals surface area (Å²) in [4.78, 5) is 12.7. The molecule has 0 aliphatic carbocycles. The number of amides is 1. The molecule has 27 heavy (non-hydrogen) atoms. The van der Waals surface area contributed by atoms with Crippen molar-refractivity contribution in [3.05, 3.63) is 42.4 Å². The maximum absolute atomic E-state index is 12.7. The molecule has 3 aromatic heterocycles. The molecule has 3 heterocycles. The fourth-order valence-electron chi connectivity index (χ4n) is 2.65. The Morgan fingerprint density at radius 3 is 2.81 bits per heavy atom. The molecule has 0 aromatic carbocycles. The summed E-state index contributed by atoms with van der Waals surface area (Å²) in [7, 11) is 1.85. The topological polar surface area (TPSA) is 90.8 Å². The second kappa shape index (κ2) is 7.83. The van der Waals surface area contributed by atoms with Gasteiger partial charge in [-0.15, -0.1) is 16.8 Å². The van der Waals surface area contributed by atoms with E-state index in [2.05, 4.69) is 27.2 Å². The van der Waals surface area contributed by atoms with Gasteiger partial charge in [-0.2, -0.15) is 5.10 Å². The Balaban J connectivity index is 1.78. The lowest BCUT2D eigenvalue weighted by Crippen LogP contribution is -2.23. The molecular formula is C18H22N6O2S. The molecule has 0 bridgehead atoms. The smallest absolute Gasteiger partial charge is 0.237 e. The van der Waals surface area contributed by atoms with Gasteiger partial charge in [0.05, 0.1) is 28.6 Å². The molecule has 1 N–H and O–H groups in total. The van der Waals surface area contributed by atoms with Gasteiger partial charge in [-0.05, 0) is 32.9 Å². The lowest BCUT2D eigenvalue weighted by atomic mass is 10.3. The van der Waals surface area contributed by atoms with Crippen LogP contribution in [0.1, 0.15) is 18.3 Å². The van der Waals surface area contributed by atoms with E-state index in [1.807, 2.05) is 38.5 Å². The molecule has 142 valence electrons. The summed E-state index contributed by atoms with van der Waals surface area (Å²) in [5.41, 5.74) is 2.45. The van der Waals surface area contributed by atoms with E-state index in [0.717, 1.165) is 17.1 Å². The van der Waals surface area contributed by atoms with Gasteiger partial charge < -0.3 is 9.73 Å². The highest BCUT2D eigenvalue weighted by atomic mass is 32.2. The maximum atomic E-state index is 12.7. The van der Waals surface area contributed by atoms with Crippen molar-refractivity contribution in [3.8, 4) is 11.6 Å². The minimum Gasteiger partial charge on any atom is -0.461 e. The second-order valence-corrected chi connectivity index (χ2v) is 7.41. The van der Waals surface area contributed by atoms with E-state index in [1.165, 1.54) is 11.8 Å². The van der Waals surface area contributed by atoms with Crippen molar-refractivity contribution in [2.45, 2.75) is 37.7 Å². The van der Waals surface area contributed by atoms with Gasteiger partial charge in [0.15, 0.2) is 10.9 Å². The lowest BCUT2D eigenvalue weighted by molar-refractivity contribution is -0.115. The molecule has 0 saturated carbocycles. The molecule has 0 spiro atoms. The quantitative estimate of drug-likeness (QED) is 0.495. The zero-order chi connectivity index (χ0) is 19.6. The Bertz CT molecular complexity index is 957. The molecule has 0 aliphatic heterocycles. The number of aromatic nitrogens is 5. The van der Waals surface area contributed by atoms with Gasteiger partial charge in [0, 0.05) is 13.6 Å². The third kappa shape index (κ3) is 3.82. The van der Waals surface area contributed by atoms with E-state index >= 15 is 0 Å². The zero-order valence-electron chi connectivity index (χ0n) is 15.8. The zero-order valence-corrected chi connectivity index (χ0v) is 16.6. The number of hydrogen-bond donors (Lipinski definition) is 1. The molecule has 1 atom stereocenters. The maximum Gasteiger partial charge on any atom is 0.237 e. The molecule has 0 fully saturated rings. The van der Waals surface area contributed by atoms with E-state index in [9.17, 15) is 4.79 Å². The Morgan fingerprint density at radius 1 is 1.44 bits per heavy atom. The van der Waals surface area contributed by atoms with Crippen LogP contribution in [0.4, 0.5) is 5.69 Å². The van der Waals surface area contributed by atoms with Crippen LogP contribution in [0.25, 0.3) is 11.6 Å². The first-order valence-electron chi connectivity index (χ1n) is 8.48. The van der Waals surface area contributed by atoms with Crippen molar-refractivity contribution in [1.29, 1.82) is 0 Å². The minimum absolute atomic E-state index is 0.119. The number of anilines is 1. The summed E-state index contributed by atoms with van der Waals surface area (Å²) in [6.07, 6.45) is 3.34. The van der Waals surface area contributed by atoms with E-state index < -0.39 is 0 Å². The number of allylic oxidation sites excluding steroid dienone is 1. The van der Waals surface area contributed by atoms with Crippen molar-refractivity contribution < 1.29 is 9.21 Å². The molecule has 1 amide bonds. The Morgan fingerprint density at radius 2 is 2.22 bits per heavy atom.